The molecule has 1 amide bonds. The molecule has 2 aromatic heterocycles. The summed E-state index contributed by atoms with van der Waals surface area (Å²) in [5.41, 5.74) is 1.67. The maximum atomic E-state index is 12.5. The Morgan fingerprint density at radius 3 is 2.79 bits per heavy atom. The second-order valence-corrected chi connectivity index (χ2v) is 8.44. The first-order chi connectivity index (χ1) is 11.4. The molecule has 0 radical (unpaired) electrons. The number of sulfonamides is 1. The van der Waals surface area contributed by atoms with E-state index >= 15 is 0 Å². The van der Waals surface area contributed by atoms with Crippen molar-refractivity contribution in [1.82, 2.24) is 14.3 Å². The summed E-state index contributed by atoms with van der Waals surface area (Å²) < 4.78 is 25.0. The SMILES string of the molecule is CS(=O)(=O)N1CCCC[C@H]1C(=O)Nc1nc(-c2ccncc2)cs1. The second-order valence-electron chi connectivity index (χ2n) is 5.65. The molecule has 0 aromatic carbocycles. The van der Waals surface area contributed by atoms with E-state index in [1.165, 1.54) is 15.6 Å². The van der Waals surface area contributed by atoms with E-state index in [0.717, 1.165) is 30.4 Å². The molecular weight excluding hydrogens is 348 g/mol. The van der Waals surface area contributed by atoms with E-state index in [4.69, 9.17) is 0 Å². The number of piperidine rings is 1. The van der Waals surface area contributed by atoms with Crippen LogP contribution in [0.15, 0.2) is 29.9 Å². The molecular formula is C15H18N4O3S2. The Balaban J connectivity index is 1.74. The Morgan fingerprint density at radius 1 is 1.33 bits per heavy atom. The highest BCUT2D eigenvalue weighted by atomic mass is 32.2. The average molecular weight is 366 g/mol. The molecule has 3 heterocycles. The van der Waals surface area contributed by atoms with E-state index in [-0.39, 0.29) is 5.91 Å². The lowest BCUT2D eigenvalue weighted by atomic mass is 10.0. The van der Waals surface area contributed by atoms with Gasteiger partial charge < -0.3 is 5.32 Å². The third-order valence-electron chi connectivity index (χ3n) is 3.89. The molecule has 2 aromatic rings. The molecule has 0 spiro atoms. The third kappa shape index (κ3) is 3.80. The number of pyridine rings is 1. The molecule has 1 fully saturated rings. The number of nitrogens with zero attached hydrogens (tertiary/aromatic N) is 3. The maximum Gasteiger partial charge on any atom is 0.244 e. The van der Waals surface area contributed by atoms with Crippen LogP contribution in [0.2, 0.25) is 0 Å². The minimum Gasteiger partial charge on any atom is -0.301 e. The number of rotatable bonds is 4. The van der Waals surface area contributed by atoms with Gasteiger partial charge in [-0.25, -0.2) is 13.4 Å². The lowest BCUT2D eigenvalue weighted by Crippen LogP contribution is -2.49. The smallest absolute Gasteiger partial charge is 0.244 e. The number of hydrogen-bond acceptors (Lipinski definition) is 6. The van der Waals surface area contributed by atoms with Crippen LogP contribution in [-0.4, -0.2) is 47.4 Å². The number of amides is 1. The Hall–Kier alpha value is -1.84. The largest absolute Gasteiger partial charge is 0.301 e. The fraction of sp³-hybridized carbons (Fsp3) is 0.400. The van der Waals surface area contributed by atoms with Crippen LogP contribution in [0.4, 0.5) is 5.13 Å². The summed E-state index contributed by atoms with van der Waals surface area (Å²) in [5.74, 6) is -0.323. The van der Waals surface area contributed by atoms with Crippen LogP contribution in [0.3, 0.4) is 0 Å². The lowest BCUT2D eigenvalue weighted by Gasteiger charge is -2.32. The van der Waals surface area contributed by atoms with Gasteiger partial charge in [-0.2, -0.15) is 4.31 Å². The monoisotopic (exact) mass is 366 g/mol. The van der Waals surface area contributed by atoms with Crippen molar-refractivity contribution in [3.63, 3.8) is 0 Å². The predicted molar refractivity (Wildman–Crippen MR) is 93.2 cm³/mol. The van der Waals surface area contributed by atoms with Gasteiger partial charge in [-0.15, -0.1) is 11.3 Å². The van der Waals surface area contributed by atoms with Crippen LogP contribution in [-0.2, 0) is 14.8 Å². The molecule has 7 nitrogen and oxygen atoms in total. The molecule has 9 heteroatoms. The quantitative estimate of drug-likeness (QED) is 0.893. The van der Waals surface area contributed by atoms with Crippen molar-refractivity contribution >= 4 is 32.4 Å². The summed E-state index contributed by atoms with van der Waals surface area (Å²) >= 11 is 1.31. The van der Waals surface area contributed by atoms with Gasteiger partial charge in [0.2, 0.25) is 15.9 Å². The van der Waals surface area contributed by atoms with E-state index in [0.29, 0.717) is 18.1 Å². The standard InChI is InChI=1S/C15H18N4O3S2/c1-24(21,22)19-9-3-2-4-13(19)14(20)18-15-17-12(10-23-15)11-5-7-16-8-6-11/h5-8,10,13H,2-4,9H2,1H3,(H,17,18,20)/t13-/m0/s1. The molecule has 1 aliphatic heterocycles. The number of carbonyl (C=O) groups excluding carboxylic acids is 1. The summed E-state index contributed by atoms with van der Waals surface area (Å²) in [5, 5.41) is 5.06. The minimum atomic E-state index is -3.40. The normalized spacial score (nSPS) is 19.1. The summed E-state index contributed by atoms with van der Waals surface area (Å²) in [6.45, 7) is 0.386. The zero-order valence-corrected chi connectivity index (χ0v) is 14.8. The predicted octanol–water partition coefficient (Wildman–Crippen LogP) is 1.96. The van der Waals surface area contributed by atoms with Gasteiger partial charge in [0.1, 0.15) is 6.04 Å². The molecule has 0 saturated carbocycles. The van der Waals surface area contributed by atoms with Crippen LogP contribution < -0.4 is 5.32 Å². The number of thiazole rings is 1. The van der Waals surface area contributed by atoms with Crippen LogP contribution in [0.1, 0.15) is 19.3 Å². The van der Waals surface area contributed by atoms with E-state index in [9.17, 15) is 13.2 Å². The second kappa shape index (κ2) is 6.96. The van der Waals surface area contributed by atoms with Gasteiger partial charge in [0.05, 0.1) is 11.9 Å². The van der Waals surface area contributed by atoms with Crippen molar-refractivity contribution in [3.8, 4) is 11.3 Å². The summed E-state index contributed by atoms with van der Waals surface area (Å²) in [6, 6.07) is 3.02. The Labute approximate surface area is 144 Å². The Kier molecular flexibility index (Phi) is 4.93. The number of carbonyl (C=O) groups is 1. The van der Waals surface area contributed by atoms with Crippen LogP contribution >= 0.6 is 11.3 Å². The van der Waals surface area contributed by atoms with E-state index in [1.54, 1.807) is 12.4 Å². The molecule has 1 saturated heterocycles. The molecule has 0 aliphatic carbocycles. The van der Waals surface area contributed by atoms with Gasteiger partial charge in [0.15, 0.2) is 5.13 Å². The van der Waals surface area contributed by atoms with Crippen molar-refractivity contribution in [1.29, 1.82) is 0 Å². The molecule has 1 aliphatic rings. The zero-order valence-electron chi connectivity index (χ0n) is 13.2. The van der Waals surface area contributed by atoms with Crippen molar-refractivity contribution in [2.45, 2.75) is 25.3 Å². The van der Waals surface area contributed by atoms with Gasteiger partial charge in [-0.3, -0.25) is 9.78 Å². The zero-order chi connectivity index (χ0) is 17.2. The van der Waals surface area contributed by atoms with Gasteiger partial charge in [-0.1, -0.05) is 6.42 Å². The van der Waals surface area contributed by atoms with Gasteiger partial charge >= 0.3 is 0 Å². The van der Waals surface area contributed by atoms with Crippen molar-refractivity contribution in [2.24, 2.45) is 0 Å². The molecule has 0 bridgehead atoms. The van der Waals surface area contributed by atoms with E-state index in [1.807, 2.05) is 17.5 Å². The summed E-state index contributed by atoms with van der Waals surface area (Å²) in [6.07, 6.45) is 6.65. The van der Waals surface area contributed by atoms with Crippen molar-refractivity contribution < 1.29 is 13.2 Å². The Morgan fingerprint density at radius 2 is 2.08 bits per heavy atom. The number of hydrogen-bond donors (Lipinski definition) is 1. The fourth-order valence-electron chi connectivity index (χ4n) is 2.74. The fourth-order valence-corrected chi connectivity index (χ4v) is 4.59. The first kappa shape index (κ1) is 17.0. The highest BCUT2D eigenvalue weighted by Gasteiger charge is 2.34. The van der Waals surface area contributed by atoms with E-state index < -0.39 is 16.1 Å². The molecule has 3 rings (SSSR count). The topological polar surface area (TPSA) is 92.3 Å². The van der Waals surface area contributed by atoms with Gasteiger partial charge in [-0.05, 0) is 25.0 Å². The number of aromatic nitrogens is 2. The maximum absolute atomic E-state index is 12.5. The third-order valence-corrected chi connectivity index (χ3v) is 5.94. The molecule has 0 unspecified atom stereocenters. The van der Waals surface area contributed by atoms with E-state index in [2.05, 4.69) is 15.3 Å². The van der Waals surface area contributed by atoms with Crippen LogP contribution in [0.25, 0.3) is 11.3 Å². The summed E-state index contributed by atoms with van der Waals surface area (Å²) in [7, 11) is -3.40. The number of nitrogens with one attached hydrogen (secondary N) is 1. The van der Waals surface area contributed by atoms with Crippen LogP contribution in [0, 0.1) is 0 Å². The highest BCUT2D eigenvalue weighted by molar-refractivity contribution is 7.88. The van der Waals surface area contributed by atoms with Crippen molar-refractivity contribution in [2.75, 3.05) is 18.1 Å². The molecule has 1 N–H and O–H groups in total. The summed E-state index contributed by atoms with van der Waals surface area (Å²) in [4.78, 5) is 20.9. The lowest BCUT2D eigenvalue weighted by molar-refractivity contribution is -0.120. The molecule has 24 heavy (non-hydrogen) atoms. The highest BCUT2D eigenvalue weighted by Crippen LogP contribution is 2.26. The Bertz CT molecular complexity index is 820. The average Bonchev–Trinajstić information content (AvgIpc) is 3.03. The molecule has 1 atom stereocenters. The first-order valence-corrected chi connectivity index (χ1v) is 10.3. The number of anilines is 1. The van der Waals surface area contributed by atoms with Gasteiger partial charge in [0, 0.05) is 29.9 Å². The van der Waals surface area contributed by atoms with Crippen LogP contribution in [0.5, 0.6) is 0 Å². The van der Waals surface area contributed by atoms with Crippen molar-refractivity contribution in [3.05, 3.63) is 29.9 Å². The molecule has 128 valence electrons. The van der Waals surface area contributed by atoms with Gasteiger partial charge in [0.25, 0.3) is 0 Å². The minimum absolute atomic E-state index is 0.323. The first-order valence-electron chi connectivity index (χ1n) is 7.59.